The Bertz CT molecular complexity index is 980. The third kappa shape index (κ3) is 6.01. The van der Waals surface area contributed by atoms with Crippen LogP contribution in [0.4, 0.5) is 5.69 Å². The number of amides is 1. The fourth-order valence-electron chi connectivity index (χ4n) is 4.06. The molecule has 1 heterocycles. The van der Waals surface area contributed by atoms with E-state index < -0.39 is 0 Å². The molecule has 0 spiro atoms. The van der Waals surface area contributed by atoms with E-state index >= 15 is 0 Å². The van der Waals surface area contributed by atoms with Crippen molar-refractivity contribution in [1.29, 1.82) is 5.26 Å². The highest BCUT2D eigenvalue weighted by Gasteiger charge is 2.24. The predicted octanol–water partition coefficient (Wildman–Crippen LogP) is 4.03. The quantitative estimate of drug-likeness (QED) is 0.602. The van der Waals surface area contributed by atoms with E-state index in [1.807, 2.05) is 50.2 Å². The van der Waals surface area contributed by atoms with Crippen molar-refractivity contribution in [1.82, 2.24) is 9.80 Å². The molecule has 2 aromatic carbocycles. The number of carbonyl (C=O) groups is 1. The number of hydrogen-bond donors (Lipinski definition) is 0. The number of benzene rings is 2. The zero-order valence-electron chi connectivity index (χ0n) is 19.1. The molecular weight excluding hydrogens is 424 g/mol. The van der Waals surface area contributed by atoms with E-state index in [2.05, 4.69) is 15.9 Å². The Labute approximate surface area is 195 Å². The lowest BCUT2D eigenvalue weighted by Gasteiger charge is -2.35. The summed E-state index contributed by atoms with van der Waals surface area (Å²) in [5.41, 5.74) is 4.19. The summed E-state index contributed by atoms with van der Waals surface area (Å²) in [7, 11) is 1.67. The lowest BCUT2D eigenvalue weighted by molar-refractivity contribution is -0.120. The van der Waals surface area contributed by atoms with Crippen LogP contribution in [0.25, 0.3) is 0 Å². The molecule has 7 heteroatoms. The smallest absolute Gasteiger partial charge is 0.241 e. The molecule has 0 unspecified atom stereocenters. The van der Waals surface area contributed by atoms with E-state index in [1.165, 1.54) is 0 Å². The van der Waals surface area contributed by atoms with Gasteiger partial charge in [0, 0.05) is 55.5 Å². The van der Waals surface area contributed by atoms with E-state index in [-0.39, 0.29) is 5.91 Å². The maximum absolute atomic E-state index is 13.2. The molecule has 2 aromatic rings. The Hall–Kier alpha value is -2.59. The van der Waals surface area contributed by atoms with Crippen molar-refractivity contribution in [2.24, 2.45) is 0 Å². The van der Waals surface area contributed by atoms with Crippen LogP contribution < -0.4 is 9.64 Å². The first-order valence-electron chi connectivity index (χ1n) is 10.9. The normalized spacial score (nSPS) is 14.7. The van der Waals surface area contributed by atoms with Gasteiger partial charge in [-0.3, -0.25) is 14.6 Å². The van der Waals surface area contributed by atoms with Gasteiger partial charge in [-0.05, 0) is 49.2 Å². The molecule has 0 N–H and O–H groups in total. The molecule has 32 heavy (non-hydrogen) atoms. The molecule has 1 saturated heterocycles. The van der Waals surface area contributed by atoms with Gasteiger partial charge in [0.05, 0.1) is 26.1 Å². The van der Waals surface area contributed by atoms with E-state index in [0.717, 1.165) is 60.9 Å². The number of rotatable bonds is 8. The van der Waals surface area contributed by atoms with Crippen LogP contribution in [0.5, 0.6) is 5.75 Å². The highest BCUT2D eigenvalue weighted by Crippen LogP contribution is 2.25. The molecule has 0 aromatic heterocycles. The monoisotopic (exact) mass is 454 g/mol. The summed E-state index contributed by atoms with van der Waals surface area (Å²) >= 11 is 6.16. The zero-order chi connectivity index (χ0) is 23.1. The highest BCUT2D eigenvalue weighted by atomic mass is 35.5. The van der Waals surface area contributed by atoms with E-state index in [9.17, 15) is 4.79 Å². The highest BCUT2D eigenvalue weighted by molar-refractivity contribution is 6.30. The van der Waals surface area contributed by atoms with Gasteiger partial charge in [-0.15, -0.1) is 0 Å². The van der Waals surface area contributed by atoms with Crippen molar-refractivity contribution in [3.63, 3.8) is 0 Å². The topological polar surface area (TPSA) is 59.8 Å². The molecule has 1 aliphatic rings. The number of halogens is 1. The average molecular weight is 455 g/mol. The summed E-state index contributed by atoms with van der Waals surface area (Å²) < 4.78 is 5.47. The van der Waals surface area contributed by atoms with Gasteiger partial charge < -0.3 is 9.64 Å². The number of nitrogens with zero attached hydrogens (tertiary/aromatic N) is 4. The first kappa shape index (κ1) is 24.1. The summed E-state index contributed by atoms with van der Waals surface area (Å²) in [6, 6.07) is 13.8. The van der Waals surface area contributed by atoms with E-state index in [1.54, 1.807) is 12.0 Å². The minimum Gasteiger partial charge on any atom is -0.496 e. The first-order chi connectivity index (χ1) is 15.4. The standard InChI is InChI=1S/C25H31ClN4O2/c1-19-6-4-7-23(20(19)2)30(11-5-10-27)25(31)18-29-14-12-28(13-15-29)17-21-16-22(26)8-9-24(21)32-3/h4,6-9,16H,5,11-15,17-18H2,1-3H3. The van der Waals surface area contributed by atoms with Gasteiger partial charge in [-0.25, -0.2) is 0 Å². The zero-order valence-corrected chi connectivity index (χ0v) is 19.9. The summed E-state index contributed by atoms with van der Waals surface area (Å²) in [5.74, 6) is 0.882. The number of carbonyl (C=O) groups excluding carboxylic acids is 1. The summed E-state index contributed by atoms with van der Waals surface area (Å²) in [5, 5.41) is 9.78. The van der Waals surface area contributed by atoms with Crippen LogP contribution in [0, 0.1) is 25.2 Å². The second-order valence-corrected chi connectivity index (χ2v) is 8.62. The second kappa shape index (κ2) is 11.3. The van der Waals surface area contributed by atoms with Crippen molar-refractivity contribution in [3.05, 3.63) is 58.1 Å². The number of ether oxygens (including phenoxy) is 1. The lowest BCUT2D eigenvalue weighted by Crippen LogP contribution is -2.50. The van der Waals surface area contributed by atoms with Crippen molar-refractivity contribution in [3.8, 4) is 11.8 Å². The summed E-state index contributed by atoms with van der Waals surface area (Å²) in [6.07, 6.45) is 0.314. The van der Waals surface area contributed by atoms with Crippen LogP contribution in [-0.4, -0.2) is 62.1 Å². The fraction of sp³-hybridized carbons (Fsp3) is 0.440. The molecule has 1 fully saturated rings. The maximum atomic E-state index is 13.2. The molecule has 3 rings (SSSR count). The minimum absolute atomic E-state index is 0.0407. The molecule has 0 radical (unpaired) electrons. The van der Waals surface area contributed by atoms with Crippen molar-refractivity contribution < 1.29 is 9.53 Å². The summed E-state index contributed by atoms with van der Waals surface area (Å²) in [6.45, 7) is 8.96. The van der Waals surface area contributed by atoms with Crippen LogP contribution in [0.15, 0.2) is 36.4 Å². The summed E-state index contributed by atoms with van der Waals surface area (Å²) in [4.78, 5) is 19.5. The molecule has 170 valence electrons. The van der Waals surface area contributed by atoms with Crippen LogP contribution in [-0.2, 0) is 11.3 Å². The van der Waals surface area contributed by atoms with Gasteiger partial charge in [-0.2, -0.15) is 5.26 Å². The number of methoxy groups -OCH3 is 1. The molecule has 0 atom stereocenters. The molecular formula is C25H31ClN4O2. The van der Waals surface area contributed by atoms with E-state index in [4.69, 9.17) is 21.6 Å². The molecule has 6 nitrogen and oxygen atoms in total. The number of nitriles is 1. The molecule has 0 aliphatic carbocycles. The van der Waals surface area contributed by atoms with Gasteiger partial charge in [0.2, 0.25) is 5.91 Å². The van der Waals surface area contributed by atoms with Crippen LogP contribution in [0.3, 0.4) is 0 Å². The van der Waals surface area contributed by atoms with Gasteiger partial charge >= 0.3 is 0 Å². The number of anilines is 1. The lowest BCUT2D eigenvalue weighted by atomic mass is 10.1. The molecule has 1 aliphatic heterocycles. The SMILES string of the molecule is COc1ccc(Cl)cc1CN1CCN(CC(=O)N(CCC#N)c2cccc(C)c2C)CC1. The number of aryl methyl sites for hydroxylation is 1. The van der Waals surface area contributed by atoms with Gasteiger partial charge in [-0.1, -0.05) is 23.7 Å². The maximum Gasteiger partial charge on any atom is 0.241 e. The van der Waals surface area contributed by atoms with Crippen molar-refractivity contribution >= 4 is 23.2 Å². The van der Waals surface area contributed by atoms with Crippen molar-refractivity contribution in [2.75, 3.05) is 51.3 Å². The number of hydrogen-bond acceptors (Lipinski definition) is 5. The largest absolute Gasteiger partial charge is 0.496 e. The Kier molecular flexibility index (Phi) is 8.52. The van der Waals surface area contributed by atoms with Crippen LogP contribution in [0.2, 0.25) is 5.02 Å². The third-order valence-corrected chi connectivity index (χ3v) is 6.31. The van der Waals surface area contributed by atoms with Crippen LogP contribution >= 0.6 is 11.6 Å². The average Bonchev–Trinajstić information content (AvgIpc) is 2.78. The predicted molar refractivity (Wildman–Crippen MR) is 128 cm³/mol. The first-order valence-corrected chi connectivity index (χ1v) is 11.3. The molecule has 0 saturated carbocycles. The Morgan fingerprint density at radius 2 is 1.88 bits per heavy atom. The minimum atomic E-state index is 0.0407. The van der Waals surface area contributed by atoms with Gasteiger partial charge in [0.25, 0.3) is 0 Å². The Morgan fingerprint density at radius 3 is 2.56 bits per heavy atom. The second-order valence-electron chi connectivity index (χ2n) is 8.18. The van der Waals surface area contributed by atoms with Crippen molar-refractivity contribution in [2.45, 2.75) is 26.8 Å². The Morgan fingerprint density at radius 1 is 1.16 bits per heavy atom. The Balaban J connectivity index is 1.60. The van der Waals surface area contributed by atoms with Crippen LogP contribution in [0.1, 0.15) is 23.1 Å². The number of piperazine rings is 1. The van der Waals surface area contributed by atoms with Gasteiger partial charge in [0.1, 0.15) is 5.75 Å². The van der Waals surface area contributed by atoms with Gasteiger partial charge in [0.15, 0.2) is 0 Å². The molecule has 1 amide bonds. The van der Waals surface area contributed by atoms with E-state index in [0.29, 0.717) is 24.5 Å². The third-order valence-electron chi connectivity index (χ3n) is 6.08. The molecule has 0 bridgehead atoms. The fourth-order valence-corrected chi connectivity index (χ4v) is 4.26.